The highest BCUT2D eigenvalue weighted by molar-refractivity contribution is 5.85. The zero-order valence-corrected chi connectivity index (χ0v) is 15.5. The first-order valence-electron chi connectivity index (χ1n) is 8.28. The van der Waals surface area contributed by atoms with Gasteiger partial charge in [0.05, 0.1) is 6.04 Å². The maximum absolute atomic E-state index is 6.08. The van der Waals surface area contributed by atoms with Crippen molar-refractivity contribution in [3.63, 3.8) is 0 Å². The molecule has 1 fully saturated rings. The van der Waals surface area contributed by atoms with Crippen molar-refractivity contribution in [2.75, 3.05) is 32.8 Å². The molecule has 0 saturated carbocycles. The Morgan fingerprint density at radius 3 is 2.71 bits per heavy atom. The molecular formula is C18H27ClN4O. The van der Waals surface area contributed by atoms with E-state index in [-0.39, 0.29) is 12.4 Å². The van der Waals surface area contributed by atoms with Gasteiger partial charge in [0.1, 0.15) is 18.2 Å². The number of halogens is 1. The molecule has 1 saturated heterocycles. The van der Waals surface area contributed by atoms with E-state index in [9.17, 15) is 0 Å². The van der Waals surface area contributed by atoms with E-state index in [1.54, 1.807) is 0 Å². The fourth-order valence-electron chi connectivity index (χ4n) is 3.26. The summed E-state index contributed by atoms with van der Waals surface area (Å²) in [5, 5.41) is 3.47. The third-order valence-corrected chi connectivity index (χ3v) is 4.54. The molecule has 0 radical (unpaired) electrons. The number of imidazole rings is 1. The lowest BCUT2D eigenvalue weighted by Gasteiger charge is -2.35. The second-order valence-electron chi connectivity index (χ2n) is 6.22. The van der Waals surface area contributed by atoms with Crippen LogP contribution in [0.5, 0.6) is 5.75 Å². The summed E-state index contributed by atoms with van der Waals surface area (Å²) >= 11 is 0. The van der Waals surface area contributed by atoms with Gasteiger partial charge in [0, 0.05) is 45.6 Å². The number of rotatable bonds is 5. The van der Waals surface area contributed by atoms with Crippen molar-refractivity contribution in [2.45, 2.75) is 19.9 Å². The molecule has 1 N–H and O–H groups in total. The van der Waals surface area contributed by atoms with Crippen LogP contribution in [0.1, 0.15) is 23.0 Å². The molecule has 1 aromatic heterocycles. The van der Waals surface area contributed by atoms with Crippen molar-refractivity contribution < 1.29 is 4.74 Å². The van der Waals surface area contributed by atoms with Gasteiger partial charge in [-0.15, -0.1) is 12.4 Å². The van der Waals surface area contributed by atoms with Gasteiger partial charge < -0.3 is 14.6 Å². The van der Waals surface area contributed by atoms with Gasteiger partial charge in [-0.25, -0.2) is 4.98 Å². The van der Waals surface area contributed by atoms with Gasteiger partial charge in [0.2, 0.25) is 0 Å². The standard InChI is InChI=1S/C18H26N4O.ClH/c1-14-5-4-6-15(2)17(14)23-12-11-22-10-7-19-13-16(22)18-20-8-9-21(18)3;/h4-6,8-9,16,19H,7,10-13H2,1-3H3;1H. The number of para-hydroxylation sites is 1. The Labute approximate surface area is 150 Å². The van der Waals surface area contributed by atoms with E-state index in [0.717, 1.165) is 37.8 Å². The molecule has 132 valence electrons. The van der Waals surface area contributed by atoms with E-state index in [2.05, 4.69) is 58.9 Å². The molecule has 1 atom stereocenters. The van der Waals surface area contributed by atoms with Crippen LogP contribution >= 0.6 is 12.4 Å². The van der Waals surface area contributed by atoms with Crippen LogP contribution in [0.25, 0.3) is 0 Å². The molecule has 1 aromatic carbocycles. The van der Waals surface area contributed by atoms with Gasteiger partial charge in [0.25, 0.3) is 0 Å². The van der Waals surface area contributed by atoms with Gasteiger partial charge in [0.15, 0.2) is 0 Å². The molecule has 0 spiro atoms. The van der Waals surface area contributed by atoms with Crippen molar-refractivity contribution in [2.24, 2.45) is 7.05 Å². The summed E-state index contributed by atoms with van der Waals surface area (Å²) in [6.07, 6.45) is 3.88. The zero-order valence-electron chi connectivity index (χ0n) is 14.7. The first kappa shape index (κ1) is 18.8. The van der Waals surface area contributed by atoms with Gasteiger partial charge in [-0.2, -0.15) is 0 Å². The van der Waals surface area contributed by atoms with Crippen LogP contribution in [-0.4, -0.2) is 47.2 Å². The Kier molecular flexibility index (Phi) is 6.66. The second-order valence-corrected chi connectivity index (χ2v) is 6.22. The Balaban J connectivity index is 0.00000208. The summed E-state index contributed by atoms with van der Waals surface area (Å²) in [6, 6.07) is 6.59. The van der Waals surface area contributed by atoms with Crippen LogP contribution in [0.4, 0.5) is 0 Å². The molecule has 24 heavy (non-hydrogen) atoms. The minimum atomic E-state index is 0. The molecule has 0 aliphatic carbocycles. The summed E-state index contributed by atoms with van der Waals surface area (Å²) in [4.78, 5) is 6.99. The average Bonchev–Trinajstić information content (AvgIpc) is 2.97. The average molecular weight is 351 g/mol. The predicted octanol–water partition coefficient (Wildman–Crippen LogP) is 2.48. The minimum Gasteiger partial charge on any atom is -0.492 e. The highest BCUT2D eigenvalue weighted by Gasteiger charge is 2.26. The summed E-state index contributed by atoms with van der Waals surface area (Å²) in [7, 11) is 2.06. The largest absolute Gasteiger partial charge is 0.492 e. The number of benzene rings is 1. The number of hydrogen-bond donors (Lipinski definition) is 1. The molecule has 0 bridgehead atoms. The molecule has 2 heterocycles. The summed E-state index contributed by atoms with van der Waals surface area (Å²) in [5.74, 6) is 2.14. The van der Waals surface area contributed by atoms with Gasteiger partial charge in [-0.3, -0.25) is 4.90 Å². The number of aromatic nitrogens is 2. The van der Waals surface area contributed by atoms with Crippen molar-refractivity contribution in [1.29, 1.82) is 0 Å². The van der Waals surface area contributed by atoms with Crippen LogP contribution in [0, 0.1) is 13.8 Å². The number of aryl methyl sites for hydroxylation is 3. The zero-order chi connectivity index (χ0) is 16.2. The van der Waals surface area contributed by atoms with Crippen LogP contribution in [0.15, 0.2) is 30.6 Å². The lowest BCUT2D eigenvalue weighted by atomic mass is 10.1. The van der Waals surface area contributed by atoms with Gasteiger partial charge in [-0.1, -0.05) is 18.2 Å². The fraction of sp³-hybridized carbons (Fsp3) is 0.500. The van der Waals surface area contributed by atoms with Crippen molar-refractivity contribution in [1.82, 2.24) is 19.8 Å². The fourth-order valence-corrected chi connectivity index (χ4v) is 3.26. The number of hydrogen-bond acceptors (Lipinski definition) is 4. The molecule has 1 aliphatic heterocycles. The maximum Gasteiger partial charge on any atom is 0.127 e. The lowest BCUT2D eigenvalue weighted by molar-refractivity contribution is 0.126. The molecular weight excluding hydrogens is 324 g/mol. The Morgan fingerprint density at radius 1 is 1.29 bits per heavy atom. The third kappa shape index (κ3) is 4.09. The van der Waals surface area contributed by atoms with E-state index in [4.69, 9.17) is 4.74 Å². The Hall–Kier alpha value is -1.56. The second kappa shape index (κ2) is 8.51. The summed E-state index contributed by atoms with van der Waals surface area (Å²) < 4.78 is 8.19. The van der Waals surface area contributed by atoms with Gasteiger partial charge >= 0.3 is 0 Å². The Morgan fingerprint density at radius 2 is 2.04 bits per heavy atom. The number of piperazine rings is 1. The van der Waals surface area contributed by atoms with Crippen molar-refractivity contribution in [3.05, 3.63) is 47.5 Å². The highest BCUT2D eigenvalue weighted by atomic mass is 35.5. The maximum atomic E-state index is 6.08. The van der Waals surface area contributed by atoms with Crippen molar-refractivity contribution >= 4 is 12.4 Å². The predicted molar refractivity (Wildman–Crippen MR) is 99.1 cm³/mol. The molecule has 2 aromatic rings. The SMILES string of the molecule is Cc1cccc(C)c1OCCN1CCNCC1c1nccn1C.Cl. The van der Waals surface area contributed by atoms with Crippen molar-refractivity contribution in [3.8, 4) is 5.75 Å². The first-order valence-corrected chi connectivity index (χ1v) is 8.28. The van der Waals surface area contributed by atoms with E-state index in [0.29, 0.717) is 12.6 Å². The quantitative estimate of drug-likeness (QED) is 0.899. The molecule has 6 heteroatoms. The minimum absolute atomic E-state index is 0. The van der Waals surface area contributed by atoms with Crippen LogP contribution in [0.3, 0.4) is 0 Å². The number of nitrogens with one attached hydrogen (secondary N) is 1. The summed E-state index contributed by atoms with van der Waals surface area (Å²) in [6.45, 7) is 8.79. The first-order chi connectivity index (χ1) is 11.2. The van der Waals surface area contributed by atoms with E-state index in [1.165, 1.54) is 11.1 Å². The lowest BCUT2D eigenvalue weighted by Crippen LogP contribution is -2.48. The van der Waals surface area contributed by atoms with E-state index < -0.39 is 0 Å². The number of ether oxygens (including phenoxy) is 1. The Bertz CT molecular complexity index is 638. The normalized spacial score (nSPS) is 18.2. The van der Waals surface area contributed by atoms with Crippen LogP contribution < -0.4 is 10.1 Å². The summed E-state index contributed by atoms with van der Waals surface area (Å²) in [5.41, 5.74) is 2.40. The molecule has 0 amide bonds. The molecule has 3 rings (SSSR count). The smallest absolute Gasteiger partial charge is 0.127 e. The van der Waals surface area contributed by atoms with Crippen LogP contribution in [-0.2, 0) is 7.05 Å². The van der Waals surface area contributed by atoms with Crippen LogP contribution in [0.2, 0.25) is 0 Å². The molecule has 1 aliphatic rings. The third-order valence-electron chi connectivity index (χ3n) is 4.54. The highest BCUT2D eigenvalue weighted by Crippen LogP contribution is 2.23. The van der Waals surface area contributed by atoms with Gasteiger partial charge in [-0.05, 0) is 25.0 Å². The van der Waals surface area contributed by atoms with E-state index in [1.807, 2.05) is 12.4 Å². The number of nitrogens with zero attached hydrogens (tertiary/aromatic N) is 3. The topological polar surface area (TPSA) is 42.3 Å². The monoisotopic (exact) mass is 350 g/mol. The molecule has 5 nitrogen and oxygen atoms in total. The van der Waals surface area contributed by atoms with E-state index >= 15 is 0 Å². The molecule has 1 unspecified atom stereocenters.